The molecule has 1 aromatic carbocycles. The van der Waals surface area contributed by atoms with Gasteiger partial charge >= 0.3 is 6.01 Å². The number of hydrogen-bond donors (Lipinski definition) is 1. The highest BCUT2D eigenvalue weighted by atomic mass is 32.2. The number of nitrogens with zero attached hydrogens (tertiary/aromatic N) is 5. The minimum Gasteiger partial charge on any atom is -0.424 e. The number of fused-ring (bicyclic) bond motifs is 1. The van der Waals surface area contributed by atoms with Crippen molar-refractivity contribution in [2.45, 2.75) is 18.4 Å². The lowest BCUT2D eigenvalue weighted by Gasteiger charge is -2.28. The van der Waals surface area contributed by atoms with Gasteiger partial charge in [0.1, 0.15) is 5.75 Å². The molecule has 1 N–H and O–H groups in total. The number of benzene rings is 1. The first-order valence-corrected chi connectivity index (χ1v) is 11.0. The van der Waals surface area contributed by atoms with Crippen LogP contribution >= 0.6 is 11.8 Å². The summed E-state index contributed by atoms with van der Waals surface area (Å²) in [7, 11) is 1.67. The van der Waals surface area contributed by atoms with Crippen LogP contribution < -0.4 is 20.5 Å². The smallest absolute Gasteiger partial charge is 0.306 e. The normalized spacial score (nSPS) is 13.9. The third kappa shape index (κ3) is 3.76. The molecule has 3 aromatic rings. The third-order valence-corrected chi connectivity index (χ3v) is 5.79. The van der Waals surface area contributed by atoms with Crippen LogP contribution in [0.1, 0.15) is 6.92 Å². The predicted octanol–water partition coefficient (Wildman–Crippen LogP) is 2.08. The van der Waals surface area contributed by atoms with Crippen molar-refractivity contribution in [1.82, 2.24) is 24.4 Å². The Hall–Kier alpha value is -2.96. The molecule has 0 atom stereocenters. The van der Waals surface area contributed by atoms with Crippen LogP contribution in [-0.2, 0) is 13.6 Å². The molecule has 1 fully saturated rings. The van der Waals surface area contributed by atoms with Crippen LogP contribution in [0.15, 0.2) is 34.0 Å². The van der Waals surface area contributed by atoms with Crippen LogP contribution in [0.3, 0.4) is 0 Å². The van der Waals surface area contributed by atoms with Gasteiger partial charge < -0.3 is 15.0 Å². The zero-order chi connectivity index (χ0) is 21.1. The number of imidazole rings is 1. The second kappa shape index (κ2) is 8.81. The molecule has 0 bridgehead atoms. The number of nitrogens with one attached hydrogen (secondary N) is 1. The molecular weight excluding hydrogens is 400 g/mol. The Bertz CT molecular complexity index is 1180. The average molecular weight is 425 g/mol. The van der Waals surface area contributed by atoms with Crippen molar-refractivity contribution in [1.29, 1.82) is 0 Å². The fraction of sp³-hybridized carbons (Fsp3) is 0.381. The van der Waals surface area contributed by atoms with E-state index in [0.29, 0.717) is 23.5 Å². The van der Waals surface area contributed by atoms with Crippen molar-refractivity contribution < 1.29 is 4.74 Å². The molecule has 156 valence electrons. The van der Waals surface area contributed by atoms with Gasteiger partial charge in [-0.15, -0.1) is 17.7 Å². The zero-order valence-corrected chi connectivity index (χ0v) is 18.1. The Morgan fingerprint density at radius 1 is 1.23 bits per heavy atom. The minimum absolute atomic E-state index is 0.205. The summed E-state index contributed by atoms with van der Waals surface area (Å²) in [5.74, 6) is 7.35. The topological polar surface area (TPSA) is 77.2 Å². The number of ether oxygens (including phenoxy) is 1. The fourth-order valence-corrected chi connectivity index (χ4v) is 3.96. The lowest BCUT2D eigenvalue weighted by molar-refractivity contribution is 0.407. The van der Waals surface area contributed by atoms with E-state index in [9.17, 15) is 4.79 Å². The minimum atomic E-state index is -0.205. The summed E-state index contributed by atoms with van der Waals surface area (Å²) >= 11 is 1.58. The summed E-state index contributed by atoms with van der Waals surface area (Å²) in [5.41, 5.74) is 0.615. The molecule has 4 rings (SSSR count). The van der Waals surface area contributed by atoms with E-state index in [4.69, 9.17) is 9.72 Å². The molecule has 2 aromatic heterocycles. The highest BCUT2D eigenvalue weighted by Gasteiger charge is 2.23. The van der Waals surface area contributed by atoms with Crippen molar-refractivity contribution in [3.63, 3.8) is 0 Å². The molecule has 0 amide bonds. The number of hydrogen-bond acceptors (Lipinski definition) is 7. The summed E-state index contributed by atoms with van der Waals surface area (Å²) in [5, 5.41) is 3.34. The average Bonchev–Trinajstić information content (AvgIpc) is 3.15. The van der Waals surface area contributed by atoms with Crippen LogP contribution in [-0.4, -0.2) is 51.5 Å². The largest absolute Gasteiger partial charge is 0.424 e. The number of piperazine rings is 1. The van der Waals surface area contributed by atoms with Gasteiger partial charge in [-0.1, -0.05) is 18.1 Å². The van der Waals surface area contributed by atoms with Crippen LogP contribution in [0.5, 0.6) is 11.8 Å². The first kappa shape index (κ1) is 20.3. The van der Waals surface area contributed by atoms with E-state index >= 15 is 0 Å². The molecule has 1 aliphatic heterocycles. The van der Waals surface area contributed by atoms with Gasteiger partial charge in [-0.25, -0.2) is 0 Å². The molecule has 0 radical (unpaired) electrons. The molecule has 8 nitrogen and oxygen atoms in total. The van der Waals surface area contributed by atoms with Crippen LogP contribution in [0, 0.1) is 11.8 Å². The van der Waals surface area contributed by atoms with E-state index < -0.39 is 0 Å². The molecular formula is C21H24N6O2S. The monoisotopic (exact) mass is 424 g/mol. The van der Waals surface area contributed by atoms with Gasteiger partial charge in [0.15, 0.2) is 11.2 Å². The summed E-state index contributed by atoms with van der Waals surface area (Å²) in [6, 6.07) is 7.89. The third-order valence-electron chi connectivity index (χ3n) is 5.01. The summed E-state index contributed by atoms with van der Waals surface area (Å²) < 4.78 is 9.32. The van der Waals surface area contributed by atoms with E-state index in [1.165, 1.54) is 4.57 Å². The number of para-hydroxylation sites is 1. The van der Waals surface area contributed by atoms with Gasteiger partial charge in [0.05, 0.1) is 6.54 Å². The molecule has 0 unspecified atom stereocenters. The number of aromatic nitrogens is 4. The Morgan fingerprint density at radius 3 is 2.73 bits per heavy atom. The fourth-order valence-electron chi connectivity index (χ4n) is 3.44. The SMILES string of the molecule is CC#CCn1c(N2CCNCC2)nc2nc(Oc3ccccc3SC)n(C)c(=O)c21. The Kier molecular flexibility index (Phi) is 5.97. The van der Waals surface area contributed by atoms with Crippen molar-refractivity contribution in [2.24, 2.45) is 7.05 Å². The lowest BCUT2D eigenvalue weighted by atomic mass is 10.3. The highest BCUT2D eigenvalue weighted by molar-refractivity contribution is 7.98. The second-order valence-corrected chi connectivity index (χ2v) is 7.69. The molecule has 9 heteroatoms. The van der Waals surface area contributed by atoms with E-state index in [-0.39, 0.29) is 11.6 Å². The maximum atomic E-state index is 13.3. The predicted molar refractivity (Wildman–Crippen MR) is 120 cm³/mol. The summed E-state index contributed by atoms with van der Waals surface area (Å²) in [6.45, 7) is 5.54. The number of rotatable bonds is 5. The van der Waals surface area contributed by atoms with Gasteiger partial charge in [-0.2, -0.15) is 9.97 Å². The molecule has 0 spiro atoms. The Balaban J connectivity index is 1.84. The van der Waals surface area contributed by atoms with E-state index in [2.05, 4.69) is 27.0 Å². The van der Waals surface area contributed by atoms with Crippen molar-refractivity contribution in [2.75, 3.05) is 37.3 Å². The van der Waals surface area contributed by atoms with E-state index in [1.54, 1.807) is 25.7 Å². The first-order valence-electron chi connectivity index (χ1n) is 9.77. The van der Waals surface area contributed by atoms with Gasteiger partial charge in [0.25, 0.3) is 5.56 Å². The van der Waals surface area contributed by atoms with Crippen LogP contribution in [0.25, 0.3) is 11.2 Å². The first-order chi connectivity index (χ1) is 14.6. The zero-order valence-electron chi connectivity index (χ0n) is 17.3. The molecule has 3 heterocycles. The summed E-state index contributed by atoms with van der Waals surface area (Å²) in [4.78, 5) is 25.7. The lowest BCUT2D eigenvalue weighted by Crippen LogP contribution is -2.44. The van der Waals surface area contributed by atoms with E-state index in [1.807, 2.05) is 35.1 Å². The standard InChI is InChI=1S/C21H24N6O2S/c1-4-5-12-27-17-18(23-20(27)26-13-10-22-11-14-26)24-21(25(2)19(17)28)29-15-8-6-7-9-16(15)30-3/h6-9,22H,10-14H2,1-3H3. The Labute approximate surface area is 179 Å². The highest BCUT2D eigenvalue weighted by Crippen LogP contribution is 2.30. The maximum absolute atomic E-state index is 13.3. The number of thioether (sulfide) groups is 1. The molecule has 0 saturated carbocycles. The molecule has 30 heavy (non-hydrogen) atoms. The molecule has 1 aliphatic rings. The van der Waals surface area contributed by atoms with Crippen molar-refractivity contribution in [3.05, 3.63) is 34.6 Å². The number of anilines is 1. The second-order valence-electron chi connectivity index (χ2n) is 6.85. The summed E-state index contributed by atoms with van der Waals surface area (Å²) in [6.07, 6.45) is 1.98. The molecule has 1 saturated heterocycles. The Morgan fingerprint density at radius 2 is 2.00 bits per heavy atom. The van der Waals surface area contributed by atoms with Crippen LogP contribution in [0.2, 0.25) is 0 Å². The molecule has 0 aliphatic carbocycles. The van der Waals surface area contributed by atoms with Crippen molar-refractivity contribution in [3.8, 4) is 23.6 Å². The van der Waals surface area contributed by atoms with Gasteiger partial charge in [-0.05, 0) is 25.3 Å². The van der Waals surface area contributed by atoms with Gasteiger partial charge in [-0.3, -0.25) is 13.9 Å². The van der Waals surface area contributed by atoms with Gasteiger partial charge in [0, 0.05) is 38.1 Å². The van der Waals surface area contributed by atoms with Gasteiger partial charge in [0.2, 0.25) is 5.95 Å². The van der Waals surface area contributed by atoms with Crippen molar-refractivity contribution >= 4 is 28.9 Å². The van der Waals surface area contributed by atoms with Crippen LogP contribution in [0.4, 0.5) is 5.95 Å². The quantitative estimate of drug-likeness (QED) is 0.496. The maximum Gasteiger partial charge on any atom is 0.306 e. The van der Waals surface area contributed by atoms with E-state index in [0.717, 1.165) is 37.0 Å².